The van der Waals surface area contributed by atoms with Gasteiger partial charge in [0.05, 0.1) is 5.69 Å². The van der Waals surface area contributed by atoms with Crippen LogP contribution in [0, 0.1) is 0 Å². The van der Waals surface area contributed by atoms with Crippen molar-refractivity contribution in [1.29, 1.82) is 0 Å². The van der Waals surface area contributed by atoms with Crippen LogP contribution in [0.2, 0.25) is 0 Å². The zero-order valence-electron chi connectivity index (χ0n) is 10.3. The summed E-state index contributed by atoms with van der Waals surface area (Å²) in [7, 11) is 1.93. The van der Waals surface area contributed by atoms with E-state index in [4.69, 9.17) is 5.73 Å². The number of hydrogen-bond acceptors (Lipinski definition) is 3. The highest BCUT2D eigenvalue weighted by atomic mass is 15.4. The Morgan fingerprint density at radius 1 is 1.50 bits per heavy atom. The van der Waals surface area contributed by atoms with Crippen molar-refractivity contribution < 1.29 is 0 Å². The highest BCUT2D eigenvalue weighted by molar-refractivity contribution is 5.62. The summed E-state index contributed by atoms with van der Waals surface area (Å²) in [6, 6.07) is 0.635. The Bertz CT molecular complexity index is 343. The van der Waals surface area contributed by atoms with Gasteiger partial charge in [0.15, 0.2) is 5.82 Å². The maximum atomic E-state index is 6.01. The summed E-state index contributed by atoms with van der Waals surface area (Å²) in [5, 5.41) is 4.48. The minimum Gasteiger partial charge on any atom is -0.394 e. The fourth-order valence-electron chi connectivity index (χ4n) is 2.63. The zero-order chi connectivity index (χ0) is 11.5. The van der Waals surface area contributed by atoms with Crippen molar-refractivity contribution in [3.63, 3.8) is 0 Å². The molecule has 0 aliphatic carbocycles. The summed E-state index contributed by atoms with van der Waals surface area (Å²) >= 11 is 0. The standard InChI is InChI=1S/C12H22N4/c1-3-6-10-7-4-5-8-16(10)12-11(13)9-15(2)14-12/h9-10H,3-8,13H2,1-2H3. The fourth-order valence-corrected chi connectivity index (χ4v) is 2.63. The molecule has 2 rings (SSSR count). The molecule has 0 spiro atoms. The normalized spacial score (nSPS) is 21.4. The second kappa shape index (κ2) is 4.76. The molecule has 0 amide bonds. The van der Waals surface area contributed by atoms with Crippen LogP contribution in [0.25, 0.3) is 0 Å². The fraction of sp³-hybridized carbons (Fsp3) is 0.750. The van der Waals surface area contributed by atoms with Crippen LogP contribution in [0.3, 0.4) is 0 Å². The van der Waals surface area contributed by atoms with Crippen LogP contribution in [0.15, 0.2) is 6.20 Å². The second-order valence-corrected chi connectivity index (χ2v) is 4.71. The number of nitrogens with zero attached hydrogens (tertiary/aromatic N) is 3. The van der Waals surface area contributed by atoms with Gasteiger partial charge in [0.25, 0.3) is 0 Å². The van der Waals surface area contributed by atoms with Gasteiger partial charge in [-0.15, -0.1) is 0 Å². The van der Waals surface area contributed by atoms with Gasteiger partial charge in [0, 0.05) is 25.8 Å². The number of piperidine rings is 1. The number of anilines is 2. The number of rotatable bonds is 3. The van der Waals surface area contributed by atoms with E-state index in [2.05, 4.69) is 16.9 Å². The van der Waals surface area contributed by atoms with Gasteiger partial charge in [-0.3, -0.25) is 4.68 Å². The predicted octanol–water partition coefficient (Wildman–Crippen LogP) is 2.16. The van der Waals surface area contributed by atoms with Gasteiger partial charge >= 0.3 is 0 Å². The maximum Gasteiger partial charge on any atom is 0.174 e. The summed E-state index contributed by atoms with van der Waals surface area (Å²) < 4.78 is 1.81. The molecule has 4 heteroatoms. The molecular weight excluding hydrogens is 200 g/mol. The van der Waals surface area contributed by atoms with Gasteiger partial charge in [-0.25, -0.2) is 0 Å². The molecular formula is C12H22N4. The summed E-state index contributed by atoms with van der Waals surface area (Å²) in [6.07, 6.45) is 8.25. The molecule has 0 saturated carbocycles. The predicted molar refractivity (Wildman–Crippen MR) is 67.5 cm³/mol. The van der Waals surface area contributed by atoms with Gasteiger partial charge in [0.1, 0.15) is 0 Å². The molecule has 1 aliphatic heterocycles. The number of aryl methyl sites for hydroxylation is 1. The monoisotopic (exact) mass is 222 g/mol. The molecule has 16 heavy (non-hydrogen) atoms. The molecule has 4 nitrogen and oxygen atoms in total. The average Bonchev–Trinajstić information content (AvgIpc) is 2.59. The largest absolute Gasteiger partial charge is 0.394 e. The first-order valence-corrected chi connectivity index (χ1v) is 6.28. The van der Waals surface area contributed by atoms with Gasteiger partial charge in [0.2, 0.25) is 0 Å². The molecule has 1 atom stereocenters. The SMILES string of the molecule is CCCC1CCCCN1c1nn(C)cc1N. The van der Waals surface area contributed by atoms with Crippen molar-refractivity contribution in [3.8, 4) is 0 Å². The number of nitrogens with two attached hydrogens (primary N) is 1. The Balaban J connectivity index is 2.19. The van der Waals surface area contributed by atoms with E-state index in [1.54, 1.807) is 0 Å². The van der Waals surface area contributed by atoms with Crippen LogP contribution < -0.4 is 10.6 Å². The van der Waals surface area contributed by atoms with E-state index in [9.17, 15) is 0 Å². The Hall–Kier alpha value is -1.19. The molecule has 2 heterocycles. The van der Waals surface area contributed by atoms with Gasteiger partial charge in [-0.1, -0.05) is 13.3 Å². The number of nitrogen functional groups attached to an aromatic ring is 1. The van der Waals surface area contributed by atoms with E-state index in [1.165, 1.54) is 32.1 Å². The molecule has 0 radical (unpaired) electrons. The summed E-state index contributed by atoms with van der Waals surface area (Å²) in [6.45, 7) is 3.35. The summed E-state index contributed by atoms with van der Waals surface area (Å²) in [4.78, 5) is 2.41. The van der Waals surface area contributed by atoms with Crippen molar-refractivity contribution in [2.45, 2.75) is 45.1 Å². The van der Waals surface area contributed by atoms with Crippen molar-refractivity contribution in [1.82, 2.24) is 9.78 Å². The van der Waals surface area contributed by atoms with E-state index in [0.717, 1.165) is 18.1 Å². The lowest BCUT2D eigenvalue weighted by Gasteiger charge is -2.36. The molecule has 1 aliphatic rings. The average molecular weight is 222 g/mol. The Kier molecular flexibility index (Phi) is 3.36. The third-order valence-electron chi connectivity index (χ3n) is 3.36. The zero-order valence-corrected chi connectivity index (χ0v) is 10.3. The lowest BCUT2D eigenvalue weighted by Crippen LogP contribution is -2.40. The lowest BCUT2D eigenvalue weighted by atomic mass is 9.98. The van der Waals surface area contributed by atoms with Crippen molar-refractivity contribution in [2.24, 2.45) is 7.05 Å². The molecule has 0 bridgehead atoms. The minimum absolute atomic E-state index is 0.635. The van der Waals surface area contributed by atoms with Gasteiger partial charge < -0.3 is 10.6 Å². The molecule has 1 unspecified atom stereocenters. The third kappa shape index (κ3) is 2.15. The first kappa shape index (κ1) is 11.3. The molecule has 1 aromatic heterocycles. The van der Waals surface area contributed by atoms with Crippen molar-refractivity contribution in [3.05, 3.63) is 6.20 Å². The highest BCUT2D eigenvalue weighted by Crippen LogP contribution is 2.29. The quantitative estimate of drug-likeness (QED) is 0.852. The van der Waals surface area contributed by atoms with Crippen LogP contribution in [-0.2, 0) is 7.05 Å². The number of aromatic nitrogens is 2. The number of hydrogen-bond donors (Lipinski definition) is 1. The lowest BCUT2D eigenvalue weighted by molar-refractivity contribution is 0.431. The third-order valence-corrected chi connectivity index (χ3v) is 3.36. The Labute approximate surface area is 97.4 Å². The summed E-state index contributed by atoms with van der Waals surface area (Å²) in [5.41, 5.74) is 6.82. The highest BCUT2D eigenvalue weighted by Gasteiger charge is 2.25. The molecule has 1 aromatic rings. The van der Waals surface area contributed by atoms with Crippen molar-refractivity contribution in [2.75, 3.05) is 17.2 Å². The van der Waals surface area contributed by atoms with Gasteiger partial charge in [-0.2, -0.15) is 5.10 Å². The van der Waals surface area contributed by atoms with Gasteiger partial charge in [-0.05, 0) is 25.7 Å². The molecule has 0 aromatic carbocycles. The maximum absolute atomic E-state index is 6.01. The van der Waals surface area contributed by atoms with Crippen LogP contribution in [-0.4, -0.2) is 22.4 Å². The minimum atomic E-state index is 0.635. The Morgan fingerprint density at radius 2 is 2.31 bits per heavy atom. The van der Waals surface area contributed by atoms with Crippen molar-refractivity contribution >= 4 is 11.5 Å². The van der Waals surface area contributed by atoms with Crippen LogP contribution in [0.5, 0.6) is 0 Å². The molecule has 1 saturated heterocycles. The van der Waals surface area contributed by atoms with Crippen LogP contribution >= 0.6 is 0 Å². The van der Waals surface area contributed by atoms with E-state index in [-0.39, 0.29) is 0 Å². The second-order valence-electron chi connectivity index (χ2n) is 4.71. The van der Waals surface area contributed by atoms with E-state index >= 15 is 0 Å². The first-order valence-electron chi connectivity index (χ1n) is 6.28. The van der Waals surface area contributed by atoms with Crippen LogP contribution in [0.1, 0.15) is 39.0 Å². The first-order chi connectivity index (χ1) is 7.72. The molecule has 1 fully saturated rings. The van der Waals surface area contributed by atoms with E-state index < -0.39 is 0 Å². The van der Waals surface area contributed by atoms with E-state index in [1.807, 2.05) is 17.9 Å². The Morgan fingerprint density at radius 3 is 2.94 bits per heavy atom. The summed E-state index contributed by atoms with van der Waals surface area (Å²) in [5.74, 6) is 0.987. The molecule has 2 N–H and O–H groups in total. The molecule has 90 valence electrons. The smallest absolute Gasteiger partial charge is 0.174 e. The van der Waals surface area contributed by atoms with E-state index in [0.29, 0.717) is 6.04 Å². The topological polar surface area (TPSA) is 47.1 Å². The van der Waals surface area contributed by atoms with Crippen LogP contribution in [0.4, 0.5) is 11.5 Å².